The average Bonchev–Trinajstić information content (AvgIpc) is 3.32. The minimum Gasteiger partial charge on any atom is -0.481 e. The average molecular weight is 291 g/mol. The topological polar surface area (TPSA) is 75.4 Å². The minimum atomic E-state index is -0.770. The van der Waals surface area contributed by atoms with Crippen LogP contribution in [0.3, 0.4) is 0 Å². The quantitative estimate of drug-likeness (QED) is 0.913. The van der Waals surface area contributed by atoms with Crippen molar-refractivity contribution in [3.63, 3.8) is 0 Å². The van der Waals surface area contributed by atoms with Crippen molar-refractivity contribution in [1.82, 2.24) is 9.55 Å². The van der Waals surface area contributed by atoms with E-state index < -0.39 is 11.4 Å². The highest BCUT2D eigenvalue weighted by atomic mass is 16.4. The van der Waals surface area contributed by atoms with Crippen molar-refractivity contribution in [3.05, 3.63) is 22.7 Å². The summed E-state index contributed by atoms with van der Waals surface area (Å²) < 4.78 is 1.74. The molecule has 1 aromatic heterocycles. The predicted molar refractivity (Wildman–Crippen MR) is 78.6 cm³/mol. The van der Waals surface area contributed by atoms with E-state index in [9.17, 15) is 14.7 Å². The van der Waals surface area contributed by atoms with Crippen molar-refractivity contribution in [2.24, 2.45) is 5.41 Å². The van der Waals surface area contributed by atoms with Crippen molar-refractivity contribution in [1.29, 1.82) is 0 Å². The first-order chi connectivity index (χ1) is 10.1. The van der Waals surface area contributed by atoms with Gasteiger partial charge in [0.15, 0.2) is 5.82 Å². The van der Waals surface area contributed by atoms with Gasteiger partial charge < -0.3 is 14.6 Å². The van der Waals surface area contributed by atoms with Crippen molar-refractivity contribution in [2.45, 2.75) is 45.1 Å². The first-order valence-corrected chi connectivity index (χ1v) is 7.63. The van der Waals surface area contributed by atoms with E-state index >= 15 is 0 Å². The molecule has 1 aromatic rings. The highest BCUT2D eigenvalue weighted by molar-refractivity contribution is 5.75. The SMILES string of the molecule is CCC1(C(=O)O)CCCN(c2nccn(C3CC3)c2=O)C1. The molecule has 1 saturated heterocycles. The van der Waals surface area contributed by atoms with Crippen molar-refractivity contribution in [3.8, 4) is 0 Å². The largest absolute Gasteiger partial charge is 0.481 e. The summed E-state index contributed by atoms with van der Waals surface area (Å²) in [6, 6.07) is 0.305. The van der Waals surface area contributed by atoms with Crippen LogP contribution in [0, 0.1) is 5.41 Å². The predicted octanol–water partition coefficient (Wildman–Crippen LogP) is 1.66. The molecule has 0 spiro atoms. The number of carbonyl (C=O) groups is 1. The fraction of sp³-hybridized carbons (Fsp3) is 0.667. The molecular weight excluding hydrogens is 270 g/mol. The van der Waals surface area contributed by atoms with Crippen LogP contribution < -0.4 is 10.5 Å². The van der Waals surface area contributed by atoms with E-state index in [0.29, 0.717) is 37.8 Å². The van der Waals surface area contributed by atoms with E-state index in [1.54, 1.807) is 17.0 Å². The number of aliphatic carboxylic acids is 1. The van der Waals surface area contributed by atoms with Crippen LogP contribution in [0.4, 0.5) is 5.82 Å². The number of piperidine rings is 1. The summed E-state index contributed by atoms with van der Waals surface area (Å²) in [5.41, 5.74) is -0.843. The molecule has 1 aliphatic carbocycles. The molecule has 2 heterocycles. The van der Waals surface area contributed by atoms with Crippen molar-refractivity contribution < 1.29 is 9.90 Å². The minimum absolute atomic E-state index is 0.0858. The van der Waals surface area contributed by atoms with Gasteiger partial charge in [0.25, 0.3) is 5.56 Å². The van der Waals surface area contributed by atoms with Crippen molar-refractivity contribution >= 4 is 11.8 Å². The lowest BCUT2D eigenvalue weighted by Crippen LogP contribution is -2.49. The number of hydrogen-bond donors (Lipinski definition) is 1. The van der Waals surface area contributed by atoms with E-state index in [1.807, 2.05) is 11.8 Å². The molecule has 2 fully saturated rings. The molecule has 114 valence electrons. The normalized spacial score (nSPS) is 25.9. The van der Waals surface area contributed by atoms with Gasteiger partial charge in [-0.1, -0.05) is 6.92 Å². The highest BCUT2D eigenvalue weighted by Gasteiger charge is 2.42. The fourth-order valence-electron chi connectivity index (χ4n) is 3.20. The third-order valence-electron chi connectivity index (χ3n) is 4.80. The number of carboxylic acid groups (broad SMARTS) is 1. The molecule has 0 bridgehead atoms. The summed E-state index contributed by atoms with van der Waals surface area (Å²) in [7, 11) is 0. The van der Waals surface area contributed by atoms with Gasteiger partial charge in [-0.05, 0) is 32.1 Å². The second-order valence-electron chi connectivity index (χ2n) is 6.16. The van der Waals surface area contributed by atoms with Gasteiger partial charge in [-0.15, -0.1) is 0 Å². The molecule has 1 unspecified atom stereocenters. The lowest BCUT2D eigenvalue weighted by atomic mass is 9.77. The maximum absolute atomic E-state index is 12.5. The van der Waals surface area contributed by atoms with Crippen LogP contribution in [0.1, 0.15) is 45.1 Å². The van der Waals surface area contributed by atoms with Gasteiger partial charge in [-0.25, -0.2) is 4.98 Å². The van der Waals surface area contributed by atoms with Crippen molar-refractivity contribution in [2.75, 3.05) is 18.0 Å². The Morgan fingerprint density at radius 3 is 2.90 bits per heavy atom. The smallest absolute Gasteiger partial charge is 0.311 e. The van der Waals surface area contributed by atoms with Gasteiger partial charge in [-0.2, -0.15) is 0 Å². The standard InChI is InChI=1S/C15H21N3O3/c1-2-15(14(20)21)6-3-8-17(10-15)12-13(19)18(9-7-16-12)11-4-5-11/h7,9,11H,2-6,8,10H2,1H3,(H,20,21). The Balaban J connectivity index is 1.92. The first kappa shape index (κ1) is 14.1. The van der Waals surface area contributed by atoms with Crippen LogP contribution in [0.2, 0.25) is 0 Å². The number of rotatable bonds is 4. The molecule has 6 heteroatoms. The molecule has 1 N–H and O–H groups in total. The second-order valence-corrected chi connectivity index (χ2v) is 6.16. The zero-order valence-corrected chi connectivity index (χ0v) is 12.3. The van der Waals surface area contributed by atoms with Crippen LogP contribution in [-0.4, -0.2) is 33.7 Å². The summed E-state index contributed by atoms with van der Waals surface area (Å²) >= 11 is 0. The molecule has 21 heavy (non-hydrogen) atoms. The Morgan fingerprint density at radius 2 is 2.29 bits per heavy atom. The Hall–Kier alpha value is -1.85. The molecule has 1 aliphatic heterocycles. The third kappa shape index (κ3) is 2.43. The van der Waals surface area contributed by atoms with Crippen LogP contribution in [0.15, 0.2) is 17.2 Å². The molecule has 1 atom stereocenters. The summed E-state index contributed by atoms with van der Waals surface area (Å²) in [5.74, 6) is -0.365. The van der Waals surface area contributed by atoms with E-state index in [1.165, 1.54) is 0 Å². The number of hydrogen-bond acceptors (Lipinski definition) is 4. The molecular formula is C15H21N3O3. The number of aromatic nitrogens is 2. The Kier molecular flexibility index (Phi) is 3.47. The van der Waals surface area contributed by atoms with Crippen LogP contribution >= 0.6 is 0 Å². The summed E-state index contributed by atoms with van der Waals surface area (Å²) in [6.07, 6.45) is 7.48. The van der Waals surface area contributed by atoms with Gasteiger partial charge in [0, 0.05) is 31.5 Å². The molecule has 0 radical (unpaired) electrons. The van der Waals surface area contributed by atoms with Crippen LogP contribution in [0.25, 0.3) is 0 Å². The zero-order valence-electron chi connectivity index (χ0n) is 12.3. The van der Waals surface area contributed by atoms with Gasteiger partial charge in [0.05, 0.1) is 5.41 Å². The van der Waals surface area contributed by atoms with E-state index in [4.69, 9.17) is 0 Å². The van der Waals surface area contributed by atoms with E-state index in [2.05, 4.69) is 4.98 Å². The van der Waals surface area contributed by atoms with E-state index in [0.717, 1.165) is 19.3 Å². The Labute approximate surface area is 123 Å². The maximum atomic E-state index is 12.5. The first-order valence-electron chi connectivity index (χ1n) is 7.63. The van der Waals surface area contributed by atoms with E-state index in [-0.39, 0.29) is 5.56 Å². The van der Waals surface area contributed by atoms with Gasteiger partial charge in [-0.3, -0.25) is 9.59 Å². The molecule has 2 aliphatic rings. The maximum Gasteiger partial charge on any atom is 0.311 e. The molecule has 6 nitrogen and oxygen atoms in total. The van der Waals surface area contributed by atoms with Crippen LogP contribution in [-0.2, 0) is 4.79 Å². The molecule has 3 rings (SSSR count). The Bertz CT molecular complexity index is 608. The van der Waals surface area contributed by atoms with Crippen LogP contribution in [0.5, 0.6) is 0 Å². The zero-order chi connectivity index (χ0) is 15.0. The molecule has 0 aromatic carbocycles. The number of nitrogens with zero attached hydrogens (tertiary/aromatic N) is 3. The summed E-state index contributed by atoms with van der Waals surface area (Å²) in [6.45, 7) is 2.97. The fourth-order valence-corrected chi connectivity index (χ4v) is 3.20. The number of anilines is 1. The second kappa shape index (κ2) is 5.16. The lowest BCUT2D eigenvalue weighted by molar-refractivity contribution is -0.149. The van der Waals surface area contributed by atoms with Gasteiger partial charge in [0.1, 0.15) is 0 Å². The third-order valence-corrected chi connectivity index (χ3v) is 4.80. The summed E-state index contributed by atoms with van der Waals surface area (Å²) in [5, 5.41) is 9.55. The van der Waals surface area contributed by atoms with Gasteiger partial charge >= 0.3 is 5.97 Å². The molecule has 0 amide bonds. The summed E-state index contributed by atoms with van der Waals surface area (Å²) in [4.78, 5) is 30.2. The molecule has 1 saturated carbocycles. The van der Waals surface area contributed by atoms with Gasteiger partial charge in [0.2, 0.25) is 0 Å². The lowest BCUT2D eigenvalue weighted by Gasteiger charge is -2.39. The monoisotopic (exact) mass is 291 g/mol. The Morgan fingerprint density at radius 1 is 1.52 bits per heavy atom. The number of carboxylic acids is 1. The highest BCUT2D eigenvalue weighted by Crippen LogP contribution is 2.36.